The predicted molar refractivity (Wildman–Crippen MR) is 85.2 cm³/mol. The minimum atomic E-state index is -0.872. The molecule has 1 aliphatic rings. The molecule has 0 saturated carbocycles. The minimum absolute atomic E-state index is 0.237. The van der Waals surface area contributed by atoms with Crippen LogP contribution in [0.3, 0.4) is 0 Å². The van der Waals surface area contributed by atoms with Crippen LogP contribution in [0.1, 0.15) is 11.1 Å². The topological polar surface area (TPSA) is 42.5 Å². The minimum Gasteiger partial charge on any atom is -0.454 e. The molecule has 0 spiro atoms. The van der Waals surface area contributed by atoms with Crippen molar-refractivity contribution in [3.8, 4) is 11.5 Å². The summed E-state index contributed by atoms with van der Waals surface area (Å²) in [4.78, 5) is 0. The Morgan fingerprint density at radius 2 is 1.57 bits per heavy atom. The number of ether oxygens (including phenoxy) is 2. The number of nitrogens with one attached hydrogen (secondary N) is 2. The van der Waals surface area contributed by atoms with Crippen LogP contribution in [0, 0.1) is 11.6 Å². The predicted octanol–water partition coefficient (Wildman–Crippen LogP) is 2.86. The van der Waals surface area contributed by atoms with Crippen molar-refractivity contribution in [2.75, 3.05) is 6.79 Å². The van der Waals surface area contributed by atoms with Crippen molar-refractivity contribution in [1.82, 2.24) is 10.6 Å². The van der Waals surface area contributed by atoms with Crippen LogP contribution in [0.25, 0.3) is 0 Å². The summed E-state index contributed by atoms with van der Waals surface area (Å²) in [6.45, 7) is 1.06. The van der Waals surface area contributed by atoms with E-state index < -0.39 is 11.6 Å². The van der Waals surface area contributed by atoms with Gasteiger partial charge in [-0.2, -0.15) is 0 Å². The Morgan fingerprint density at radius 3 is 2.30 bits per heavy atom. The fraction of sp³-hybridized carbons (Fsp3) is 0.188. The summed E-state index contributed by atoms with van der Waals surface area (Å²) in [5, 5.41) is 6.41. The van der Waals surface area contributed by atoms with Gasteiger partial charge in [0.25, 0.3) is 0 Å². The van der Waals surface area contributed by atoms with Gasteiger partial charge in [0, 0.05) is 13.1 Å². The van der Waals surface area contributed by atoms with E-state index in [1.165, 1.54) is 6.07 Å². The van der Waals surface area contributed by atoms with Crippen LogP contribution >= 0.6 is 12.2 Å². The van der Waals surface area contributed by atoms with Crippen molar-refractivity contribution >= 4 is 17.3 Å². The second-order valence-corrected chi connectivity index (χ2v) is 5.38. The molecule has 7 heteroatoms. The summed E-state index contributed by atoms with van der Waals surface area (Å²) in [7, 11) is 0. The molecule has 1 heterocycles. The van der Waals surface area contributed by atoms with Crippen LogP contribution in [0.15, 0.2) is 36.4 Å². The average Bonchev–Trinajstić information content (AvgIpc) is 3.01. The SMILES string of the molecule is Fc1ccc(CNC(=S)NCc2ccc3c(c2)OCO3)cc1F. The standard InChI is InChI=1S/C16H14F2N2O2S/c17-12-3-1-10(5-13(12)18)7-19-16(23)20-8-11-2-4-14-15(6-11)22-9-21-14/h1-6H,7-9H2,(H2,19,20,23). The maximum absolute atomic E-state index is 13.1. The van der Waals surface area contributed by atoms with Crippen LogP contribution in [0.5, 0.6) is 11.5 Å². The van der Waals surface area contributed by atoms with E-state index in [0.29, 0.717) is 29.5 Å². The lowest BCUT2D eigenvalue weighted by Crippen LogP contribution is -2.34. The maximum Gasteiger partial charge on any atom is 0.231 e. The van der Waals surface area contributed by atoms with E-state index in [4.69, 9.17) is 21.7 Å². The molecule has 4 nitrogen and oxygen atoms in total. The van der Waals surface area contributed by atoms with Gasteiger partial charge in [-0.3, -0.25) is 0 Å². The molecule has 1 aliphatic heterocycles. The molecule has 0 fully saturated rings. The maximum atomic E-state index is 13.1. The lowest BCUT2D eigenvalue weighted by atomic mass is 10.2. The third-order valence-corrected chi connectivity index (χ3v) is 3.62. The Labute approximate surface area is 137 Å². The smallest absolute Gasteiger partial charge is 0.231 e. The Balaban J connectivity index is 1.48. The van der Waals surface area contributed by atoms with Gasteiger partial charge in [0.05, 0.1) is 0 Å². The number of halogens is 2. The van der Waals surface area contributed by atoms with Crippen LogP contribution in [-0.2, 0) is 13.1 Å². The molecule has 2 aromatic carbocycles. The summed E-state index contributed by atoms with van der Waals surface area (Å²) >= 11 is 5.16. The first-order valence-electron chi connectivity index (χ1n) is 6.96. The van der Waals surface area contributed by atoms with Gasteiger partial charge in [-0.05, 0) is 47.6 Å². The summed E-state index contributed by atoms with van der Waals surface area (Å²) < 4.78 is 36.5. The zero-order chi connectivity index (χ0) is 16.2. The number of hydrogen-bond donors (Lipinski definition) is 2. The van der Waals surface area contributed by atoms with Gasteiger partial charge in [-0.25, -0.2) is 8.78 Å². The number of rotatable bonds is 4. The van der Waals surface area contributed by atoms with Gasteiger partial charge >= 0.3 is 0 Å². The van der Waals surface area contributed by atoms with E-state index in [9.17, 15) is 8.78 Å². The summed E-state index contributed by atoms with van der Waals surface area (Å²) in [5.41, 5.74) is 1.60. The molecule has 0 atom stereocenters. The molecule has 0 aliphatic carbocycles. The number of thiocarbonyl (C=S) groups is 1. The molecule has 0 unspecified atom stereocenters. The van der Waals surface area contributed by atoms with Crippen molar-refractivity contribution in [3.05, 3.63) is 59.2 Å². The van der Waals surface area contributed by atoms with Crippen molar-refractivity contribution in [2.45, 2.75) is 13.1 Å². The molecule has 2 aromatic rings. The summed E-state index contributed by atoms with van der Waals surface area (Å²) in [6.07, 6.45) is 0. The average molecular weight is 336 g/mol. The fourth-order valence-corrected chi connectivity index (χ4v) is 2.27. The highest BCUT2D eigenvalue weighted by atomic mass is 32.1. The highest BCUT2D eigenvalue weighted by Gasteiger charge is 2.13. The summed E-state index contributed by atoms with van der Waals surface area (Å²) in [6, 6.07) is 9.38. The van der Waals surface area contributed by atoms with Gasteiger partial charge in [0.1, 0.15) is 0 Å². The van der Waals surface area contributed by atoms with Gasteiger partial charge < -0.3 is 20.1 Å². The van der Waals surface area contributed by atoms with Gasteiger partial charge in [0.2, 0.25) is 6.79 Å². The van der Waals surface area contributed by atoms with Crippen molar-refractivity contribution in [1.29, 1.82) is 0 Å². The molecule has 0 radical (unpaired) electrons. The van der Waals surface area contributed by atoms with Crippen LogP contribution in [0.4, 0.5) is 8.78 Å². The lowest BCUT2D eigenvalue weighted by Gasteiger charge is -2.11. The highest BCUT2D eigenvalue weighted by molar-refractivity contribution is 7.80. The van der Waals surface area contributed by atoms with Crippen molar-refractivity contribution in [2.24, 2.45) is 0 Å². The van der Waals surface area contributed by atoms with Crippen LogP contribution in [0.2, 0.25) is 0 Å². The molecular formula is C16H14F2N2O2S. The largest absolute Gasteiger partial charge is 0.454 e. The fourth-order valence-electron chi connectivity index (χ4n) is 2.13. The molecule has 23 heavy (non-hydrogen) atoms. The Kier molecular flexibility index (Phi) is 4.57. The quantitative estimate of drug-likeness (QED) is 0.841. The molecule has 120 valence electrons. The van der Waals surface area contributed by atoms with E-state index >= 15 is 0 Å². The second-order valence-electron chi connectivity index (χ2n) is 4.97. The zero-order valence-corrected chi connectivity index (χ0v) is 12.9. The van der Waals surface area contributed by atoms with E-state index in [0.717, 1.165) is 23.4 Å². The molecule has 0 amide bonds. The van der Waals surface area contributed by atoms with Crippen LogP contribution < -0.4 is 20.1 Å². The third-order valence-electron chi connectivity index (χ3n) is 3.33. The molecule has 3 rings (SSSR count). The van der Waals surface area contributed by atoms with Gasteiger partial charge in [-0.1, -0.05) is 12.1 Å². The Bertz CT molecular complexity index is 740. The van der Waals surface area contributed by atoms with E-state index in [-0.39, 0.29) is 6.79 Å². The monoisotopic (exact) mass is 336 g/mol. The number of hydrogen-bond acceptors (Lipinski definition) is 3. The third kappa shape index (κ3) is 3.87. The van der Waals surface area contributed by atoms with Gasteiger partial charge in [0.15, 0.2) is 28.2 Å². The first-order chi connectivity index (χ1) is 11.1. The van der Waals surface area contributed by atoms with E-state index in [1.54, 1.807) is 0 Å². The van der Waals surface area contributed by atoms with Crippen molar-refractivity contribution < 1.29 is 18.3 Å². The van der Waals surface area contributed by atoms with Crippen molar-refractivity contribution in [3.63, 3.8) is 0 Å². The Hall–Kier alpha value is -2.41. The lowest BCUT2D eigenvalue weighted by molar-refractivity contribution is 0.174. The first kappa shape index (κ1) is 15.5. The van der Waals surface area contributed by atoms with Crippen LogP contribution in [-0.4, -0.2) is 11.9 Å². The molecule has 0 aromatic heterocycles. The van der Waals surface area contributed by atoms with E-state index in [2.05, 4.69) is 10.6 Å². The molecular weight excluding hydrogens is 322 g/mol. The second kappa shape index (κ2) is 6.78. The normalized spacial score (nSPS) is 12.1. The first-order valence-corrected chi connectivity index (χ1v) is 7.37. The Morgan fingerprint density at radius 1 is 0.913 bits per heavy atom. The molecule has 2 N–H and O–H groups in total. The molecule has 0 bridgehead atoms. The number of benzene rings is 2. The zero-order valence-electron chi connectivity index (χ0n) is 12.1. The van der Waals surface area contributed by atoms with E-state index in [1.807, 2.05) is 18.2 Å². The summed E-state index contributed by atoms with van der Waals surface area (Å²) in [5.74, 6) is -0.293. The highest BCUT2D eigenvalue weighted by Crippen LogP contribution is 2.32. The van der Waals surface area contributed by atoms with Gasteiger partial charge in [-0.15, -0.1) is 0 Å². The number of fused-ring (bicyclic) bond motifs is 1. The molecule has 0 saturated heterocycles.